The van der Waals surface area contributed by atoms with E-state index in [-0.39, 0.29) is 0 Å². The molecular formula is C21H24N4O2. The highest BCUT2D eigenvalue weighted by atomic mass is 16.5. The van der Waals surface area contributed by atoms with Crippen molar-refractivity contribution >= 4 is 0 Å². The zero-order valence-corrected chi connectivity index (χ0v) is 15.8. The minimum atomic E-state index is 0.295. The van der Waals surface area contributed by atoms with Crippen LogP contribution in [-0.2, 0) is 6.42 Å². The fourth-order valence-electron chi connectivity index (χ4n) is 4.73. The van der Waals surface area contributed by atoms with Crippen molar-refractivity contribution in [2.24, 2.45) is 0 Å². The average Bonchev–Trinajstić information content (AvgIpc) is 3.45. The summed E-state index contributed by atoms with van der Waals surface area (Å²) in [5.41, 5.74) is 2.19. The largest absolute Gasteiger partial charge is 0.435 e. The number of oxazole rings is 1. The Hall–Kier alpha value is -2.47. The molecule has 2 aliphatic heterocycles. The standard InChI is InChI=1S/C21H24N4O2/c1-3-18-22-13(2)19(26-18)21-23-20(24-27-21)15-12-17(14-8-5-4-6-9-14)25-11-7-10-16(15)25/h4-6,8-9,15-17H,3,7,10-12H2,1-2H3/t15-,16+,17-/m0/s1. The molecule has 4 heterocycles. The van der Waals surface area contributed by atoms with E-state index in [9.17, 15) is 0 Å². The van der Waals surface area contributed by atoms with Crippen LogP contribution in [0.4, 0.5) is 0 Å². The minimum Gasteiger partial charge on any atom is -0.435 e. The average molecular weight is 364 g/mol. The molecule has 2 fully saturated rings. The summed E-state index contributed by atoms with van der Waals surface area (Å²) in [4.78, 5) is 11.8. The molecule has 2 aromatic heterocycles. The molecule has 0 radical (unpaired) electrons. The molecular weight excluding hydrogens is 340 g/mol. The molecule has 0 spiro atoms. The van der Waals surface area contributed by atoms with Crippen molar-refractivity contribution in [3.63, 3.8) is 0 Å². The van der Waals surface area contributed by atoms with Crippen LogP contribution in [0, 0.1) is 6.92 Å². The Morgan fingerprint density at radius 3 is 2.81 bits per heavy atom. The lowest BCUT2D eigenvalue weighted by Crippen LogP contribution is -2.27. The van der Waals surface area contributed by atoms with Gasteiger partial charge < -0.3 is 8.94 Å². The first kappa shape index (κ1) is 16.7. The number of hydrogen-bond donors (Lipinski definition) is 0. The molecule has 2 saturated heterocycles. The van der Waals surface area contributed by atoms with Crippen LogP contribution in [-0.4, -0.2) is 32.6 Å². The summed E-state index contributed by atoms with van der Waals surface area (Å²) in [6.45, 7) is 5.08. The number of aryl methyl sites for hydroxylation is 2. The predicted molar refractivity (Wildman–Crippen MR) is 100 cm³/mol. The third kappa shape index (κ3) is 2.79. The fraction of sp³-hybridized carbons (Fsp3) is 0.476. The number of nitrogens with zero attached hydrogens (tertiary/aromatic N) is 4. The molecule has 0 aliphatic carbocycles. The van der Waals surface area contributed by atoms with E-state index in [1.807, 2.05) is 13.8 Å². The smallest absolute Gasteiger partial charge is 0.295 e. The Balaban J connectivity index is 1.45. The Labute approximate surface area is 158 Å². The first-order valence-electron chi connectivity index (χ1n) is 9.85. The van der Waals surface area contributed by atoms with Gasteiger partial charge in [0.05, 0.1) is 5.69 Å². The zero-order valence-electron chi connectivity index (χ0n) is 15.8. The van der Waals surface area contributed by atoms with Gasteiger partial charge in [0.25, 0.3) is 5.89 Å². The summed E-state index contributed by atoms with van der Waals surface area (Å²) in [7, 11) is 0. The second-order valence-electron chi connectivity index (χ2n) is 7.55. The highest BCUT2D eigenvalue weighted by molar-refractivity contribution is 5.47. The van der Waals surface area contributed by atoms with Gasteiger partial charge >= 0.3 is 0 Å². The Morgan fingerprint density at radius 1 is 1.19 bits per heavy atom. The van der Waals surface area contributed by atoms with Gasteiger partial charge in [-0.2, -0.15) is 4.98 Å². The van der Waals surface area contributed by atoms with Crippen LogP contribution in [0.25, 0.3) is 11.7 Å². The number of aromatic nitrogens is 3. The van der Waals surface area contributed by atoms with Crippen LogP contribution in [0.3, 0.4) is 0 Å². The van der Waals surface area contributed by atoms with Crippen LogP contribution < -0.4 is 0 Å². The summed E-state index contributed by atoms with van der Waals surface area (Å²) >= 11 is 0. The molecule has 0 bridgehead atoms. The van der Waals surface area contributed by atoms with E-state index in [1.54, 1.807) is 0 Å². The third-order valence-electron chi connectivity index (χ3n) is 5.98. The van der Waals surface area contributed by atoms with Gasteiger partial charge in [-0.25, -0.2) is 4.98 Å². The number of rotatable bonds is 4. The molecule has 0 unspecified atom stereocenters. The molecule has 2 aliphatic rings. The minimum absolute atomic E-state index is 0.295. The van der Waals surface area contributed by atoms with Crippen molar-refractivity contribution in [1.29, 1.82) is 0 Å². The Morgan fingerprint density at radius 2 is 2.04 bits per heavy atom. The van der Waals surface area contributed by atoms with Crippen LogP contribution in [0.2, 0.25) is 0 Å². The third-order valence-corrected chi connectivity index (χ3v) is 5.98. The molecule has 27 heavy (non-hydrogen) atoms. The van der Waals surface area contributed by atoms with Gasteiger partial charge in [-0.15, -0.1) is 0 Å². The molecule has 6 nitrogen and oxygen atoms in total. The molecule has 0 saturated carbocycles. The van der Waals surface area contributed by atoms with E-state index in [0.29, 0.717) is 35.5 Å². The zero-order chi connectivity index (χ0) is 18.4. The van der Waals surface area contributed by atoms with E-state index >= 15 is 0 Å². The molecule has 1 aromatic carbocycles. The molecule has 0 N–H and O–H groups in total. The van der Waals surface area contributed by atoms with Crippen LogP contribution in [0.15, 0.2) is 39.3 Å². The van der Waals surface area contributed by atoms with Crippen LogP contribution in [0.5, 0.6) is 0 Å². The van der Waals surface area contributed by atoms with Gasteiger partial charge in [-0.1, -0.05) is 42.4 Å². The monoisotopic (exact) mass is 364 g/mol. The van der Waals surface area contributed by atoms with Crippen molar-refractivity contribution in [2.75, 3.05) is 6.54 Å². The van der Waals surface area contributed by atoms with E-state index in [4.69, 9.17) is 13.9 Å². The molecule has 140 valence electrons. The number of hydrogen-bond acceptors (Lipinski definition) is 6. The lowest BCUT2D eigenvalue weighted by Gasteiger charge is -2.24. The summed E-state index contributed by atoms with van der Waals surface area (Å²) < 4.78 is 11.4. The summed E-state index contributed by atoms with van der Waals surface area (Å²) in [6, 6.07) is 11.7. The maximum atomic E-state index is 5.78. The maximum Gasteiger partial charge on any atom is 0.295 e. The highest BCUT2D eigenvalue weighted by Crippen LogP contribution is 2.48. The van der Waals surface area contributed by atoms with Gasteiger partial charge in [0.15, 0.2) is 11.7 Å². The maximum absolute atomic E-state index is 5.78. The summed E-state index contributed by atoms with van der Waals surface area (Å²) in [5, 5.41) is 4.34. The van der Waals surface area contributed by atoms with Crippen molar-refractivity contribution < 1.29 is 8.94 Å². The fourth-order valence-corrected chi connectivity index (χ4v) is 4.73. The molecule has 3 aromatic rings. The lowest BCUT2D eigenvalue weighted by atomic mass is 9.94. The quantitative estimate of drug-likeness (QED) is 0.688. The van der Waals surface area contributed by atoms with Gasteiger partial charge in [-0.05, 0) is 38.3 Å². The summed E-state index contributed by atoms with van der Waals surface area (Å²) in [6.07, 6.45) is 4.21. The van der Waals surface area contributed by atoms with Crippen LogP contribution in [0.1, 0.15) is 61.1 Å². The van der Waals surface area contributed by atoms with Crippen molar-refractivity contribution in [3.05, 3.63) is 53.3 Å². The van der Waals surface area contributed by atoms with Crippen molar-refractivity contribution in [2.45, 2.75) is 57.5 Å². The Kier molecular flexibility index (Phi) is 4.08. The van der Waals surface area contributed by atoms with Gasteiger partial charge in [0, 0.05) is 24.4 Å². The lowest BCUT2D eigenvalue weighted by molar-refractivity contribution is 0.243. The first-order valence-corrected chi connectivity index (χ1v) is 9.85. The highest BCUT2D eigenvalue weighted by Gasteiger charge is 2.46. The van der Waals surface area contributed by atoms with E-state index in [1.165, 1.54) is 18.4 Å². The topological polar surface area (TPSA) is 68.2 Å². The molecule has 3 atom stereocenters. The second kappa shape index (κ2) is 6.60. The van der Waals surface area contributed by atoms with Gasteiger partial charge in [0.2, 0.25) is 5.76 Å². The number of benzene rings is 1. The molecule has 0 amide bonds. The normalized spacial score (nSPS) is 25.2. The van der Waals surface area contributed by atoms with Crippen molar-refractivity contribution in [3.8, 4) is 11.7 Å². The van der Waals surface area contributed by atoms with E-state index in [0.717, 1.165) is 30.9 Å². The Bertz CT molecular complexity index is 933. The number of fused-ring (bicyclic) bond motifs is 1. The molecule has 5 rings (SSSR count). The van der Waals surface area contributed by atoms with Gasteiger partial charge in [-0.3, -0.25) is 4.90 Å². The van der Waals surface area contributed by atoms with Crippen molar-refractivity contribution in [1.82, 2.24) is 20.0 Å². The van der Waals surface area contributed by atoms with Crippen LogP contribution >= 0.6 is 0 Å². The molecule has 6 heteroatoms. The first-order chi connectivity index (χ1) is 13.2. The SMILES string of the molecule is CCc1nc(C)c(-c2nc([C@H]3C[C@@H](c4ccccc4)N4CCC[C@H]34)no2)o1. The van der Waals surface area contributed by atoms with E-state index in [2.05, 4.69) is 45.4 Å². The van der Waals surface area contributed by atoms with Gasteiger partial charge in [0.1, 0.15) is 0 Å². The summed E-state index contributed by atoms with van der Waals surface area (Å²) in [5.74, 6) is 2.85. The second-order valence-corrected chi connectivity index (χ2v) is 7.55. The predicted octanol–water partition coefficient (Wildman–Crippen LogP) is 4.29. The van der Waals surface area contributed by atoms with E-state index < -0.39 is 0 Å².